The molecular formula is C14H12N6OS. The number of rotatable bonds is 4. The Hall–Kier alpha value is -2.74. The number of amides is 1. The minimum Gasteiger partial charge on any atom is -0.350 e. The fraction of sp³-hybridized carbons (Fsp3) is 0.143. The van der Waals surface area contributed by atoms with Crippen LogP contribution in [0.4, 0.5) is 0 Å². The van der Waals surface area contributed by atoms with Crippen LogP contribution in [0.5, 0.6) is 0 Å². The molecular weight excluding hydrogens is 300 g/mol. The summed E-state index contributed by atoms with van der Waals surface area (Å²) in [6.07, 6.45) is 5.59. The van der Waals surface area contributed by atoms with Crippen molar-refractivity contribution in [3.05, 3.63) is 48.4 Å². The molecule has 3 aromatic heterocycles. The van der Waals surface area contributed by atoms with Gasteiger partial charge in [-0.25, -0.2) is 4.52 Å². The van der Waals surface area contributed by atoms with Crippen molar-refractivity contribution in [1.82, 2.24) is 28.2 Å². The van der Waals surface area contributed by atoms with Gasteiger partial charge in [0.1, 0.15) is 16.7 Å². The predicted molar refractivity (Wildman–Crippen MR) is 82.9 cm³/mol. The molecule has 22 heavy (non-hydrogen) atoms. The van der Waals surface area contributed by atoms with Crippen LogP contribution in [0.15, 0.2) is 42.9 Å². The summed E-state index contributed by atoms with van der Waals surface area (Å²) in [4.78, 5) is 12.2. The smallest absolute Gasteiger partial charge is 0.251 e. The molecule has 1 amide bonds. The van der Waals surface area contributed by atoms with Crippen LogP contribution < -0.4 is 5.32 Å². The van der Waals surface area contributed by atoms with Crippen molar-refractivity contribution in [1.29, 1.82) is 0 Å². The molecule has 0 aliphatic heterocycles. The molecule has 1 aromatic carbocycles. The maximum absolute atomic E-state index is 12.2. The van der Waals surface area contributed by atoms with E-state index in [4.69, 9.17) is 0 Å². The van der Waals surface area contributed by atoms with E-state index in [0.717, 1.165) is 28.4 Å². The Balaban J connectivity index is 1.42. The van der Waals surface area contributed by atoms with E-state index in [-0.39, 0.29) is 5.91 Å². The zero-order chi connectivity index (χ0) is 14.9. The molecule has 0 saturated carbocycles. The topological polar surface area (TPSA) is 77.1 Å². The van der Waals surface area contributed by atoms with Gasteiger partial charge in [0, 0.05) is 37.1 Å². The zero-order valence-electron chi connectivity index (χ0n) is 11.5. The third-order valence-corrected chi connectivity index (χ3v) is 4.04. The summed E-state index contributed by atoms with van der Waals surface area (Å²) < 4.78 is 12.1. The first kappa shape index (κ1) is 13.0. The lowest BCUT2D eigenvalue weighted by Crippen LogP contribution is -2.27. The normalized spacial score (nSPS) is 11.3. The molecule has 0 spiro atoms. The molecule has 7 nitrogen and oxygen atoms in total. The van der Waals surface area contributed by atoms with Crippen LogP contribution in [0, 0.1) is 0 Å². The monoisotopic (exact) mass is 312 g/mol. The van der Waals surface area contributed by atoms with Crippen LogP contribution in [0.3, 0.4) is 0 Å². The molecule has 0 aliphatic rings. The quantitative estimate of drug-likeness (QED) is 0.620. The summed E-state index contributed by atoms with van der Waals surface area (Å²) in [5, 5.41) is 7.07. The van der Waals surface area contributed by atoms with E-state index in [2.05, 4.69) is 19.2 Å². The van der Waals surface area contributed by atoms with Crippen molar-refractivity contribution in [3.8, 4) is 0 Å². The molecule has 3 heterocycles. The number of fused-ring (bicyclic) bond motifs is 2. The second-order valence-electron chi connectivity index (χ2n) is 4.85. The summed E-state index contributed by atoms with van der Waals surface area (Å²) in [6, 6.07) is 7.28. The summed E-state index contributed by atoms with van der Waals surface area (Å²) in [5.41, 5.74) is 3.17. The Morgan fingerprint density at radius 1 is 1.18 bits per heavy atom. The van der Waals surface area contributed by atoms with Gasteiger partial charge >= 0.3 is 0 Å². The predicted octanol–water partition coefficient (Wildman–Crippen LogP) is 1.57. The highest BCUT2D eigenvalue weighted by molar-refractivity contribution is 7.00. The van der Waals surface area contributed by atoms with Crippen LogP contribution in [0.2, 0.25) is 0 Å². The van der Waals surface area contributed by atoms with Gasteiger partial charge in [-0.1, -0.05) is 0 Å². The minimum atomic E-state index is -0.105. The van der Waals surface area contributed by atoms with Crippen molar-refractivity contribution in [3.63, 3.8) is 0 Å². The van der Waals surface area contributed by atoms with Gasteiger partial charge in [-0.15, -0.1) is 0 Å². The van der Waals surface area contributed by atoms with E-state index in [1.807, 2.05) is 29.1 Å². The molecule has 1 N–H and O–H groups in total. The van der Waals surface area contributed by atoms with E-state index >= 15 is 0 Å². The number of nitrogens with zero attached hydrogens (tertiary/aromatic N) is 5. The summed E-state index contributed by atoms with van der Waals surface area (Å²) >= 11 is 1.15. The van der Waals surface area contributed by atoms with Gasteiger partial charge in [-0.2, -0.15) is 13.8 Å². The fourth-order valence-corrected chi connectivity index (χ4v) is 2.89. The molecule has 0 unspecified atom stereocenters. The van der Waals surface area contributed by atoms with Crippen LogP contribution >= 0.6 is 11.7 Å². The number of aromatic nitrogens is 5. The van der Waals surface area contributed by atoms with Crippen molar-refractivity contribution in [2.45, 2.75) is 6.54 Å². The molecule has 0 bridgehead atoms. The number of imidazole rings is 1. The molecule has 0 saturated heterocycles. The Morgan fingerprint density at radius 3 is 3.05 bits per heavy atom. The third kappa shape index (κ3) is 2.23. The van der Waals surface area contributed by atoms with Gasteiger partial charge in [0.15, 0.2) is 0 Å². The zero-order valence-corrected chi connectivity index (χ0v) is 12.3. The van der Waals surface area contributed by atoms with Crippen LogP contribution in [0.1, 0.15) is 10.4 Å². The molecule has 110 valence electrons. The van der Waals surface area contributed by atoms with Gasteiger partial charge in [0.05, 0.1) is 17.9 Å². The number of benzene rings is 1. The first-order valence-corrected chi connectivity index (χ1v) is 7.53. The molecule has 4 aromatic rings. The van der Waals surface area contributed by atoms with Crippen LogP contribution in [0.25, 0.3) is 16.7 Å². The molecule has 0 radical (unpaired) electrons. The van der Waals surface area contributed by atoms with E-state index in [9.17, 15) is 4.79 Å². The molecule has 4 rings (SSSR count). The first-order valence-electron chi connectivity index (χ1n) is 6.80. The van der Waals surface area contributed by atoms with E-state index in [1.165, 1.54) is 0 Å². The lowest BCUT2D eigenvalue weighted by molar-refractivity contribution is 0.0952. The summed E-state index contributed by atoms with van der Waals surface area (Å²) in [6.45, 7) is 1.23. The van der Waals surface area contributed by atoms with Gasteiger partial charge < -0.3 is 9.88 Å². The Bertz CT molecular complexity index is 952. The SMILES string of the molecule is O=C(NCCn1ccn2nccc12)c1ccc2nsnc2c1. The number of hydrogen-bond donors (Lipinski definition) is 1. The maximum atomic E-state index is 12.2. The average molecular weight is 312 g/mol. The number of carbonyl (C=O) groups excluding carboxylic acids is 1. The highest BCUT2D eigenvalue weighted by Crippen LogP contribution is 2.13. The van der Waals surface area contributed by atoms with Crippen LogP contribution in [-0.2, 0) is 6.54 Å². The third-order valence-electron chi connectivity index (χ3n) is 3.49. The standard InChI is InChI=1S/C14H12N6OS/c21-14(10-1-2-11-12(9-10)18-22-17-11)15-5-6-19-7-8-20-13(19)3-4-16-20/h1-4,7-9H,5-6H2,(H,15,21). The number of carbonyl (C=O) groups is 1. The molecule has 0 fully saturated rings. The first-order chi connectivity index (χ1) is 10.8. The van der Waals surface area contributed by atoms with Crippen molar-refractivity contribution >= 4 is 34.3 Å². The minimum absolute atomic E-state index is 0.105. The summed E-state index contributed by atoms with van der Waals surface area (Å²) in [5.74, 6) is -0.105. The second kappa shape index (κ2) is 5.23. The van der Waals surface area contributed by atoms with Crippen LogP contribution in [-0.4, -0.2) is 35.4 Å². The largest absolute Gasteiger partial charge is 0.350 e. The van der Waals surface area contributed by atoms with E-state index in [0.29, 0.717) is 18.7 Å². The van der Waals surface area contributed by atoms with Gasteiger partial charge in [0.25, 0.3) is 5.91 Å². The average Bonchev–Trinajstić information content (AvgIpc) is 3.23. The highest BCUT2D eigenvalue weighted by Gasteiger charge is 2.08. The number of nitrogens with one attached hydrogen (secondary N) is 1. The van der Waals surface area contributed by atoms with Crippen molar-refractivity contribution in [2.24, 2.45) is 0 Å². The lowest BCUT2D eigenvalue weighted by Gasteiger charge is -2.06. The summed E-state index contributed by atoms with van der Waals surface area (Å²) in [7, 11) is 0. The van der Waals surface area contributed by atoms with Crippen molar-refractivity contribution in [2.75, 3.05) is 6.54 Å². The highest BCUT2D eigenvalue weighted by atomic mass is 32.1. The Kier molecular flexibility index (Phi) is 3.08. The molecule has 0 atom stereocenters. The second-order valence-corrected chi connectivity index (χ2v) is 5.38. The Labute approximate surface area is 129 Å². The maximum Gasteiger partial charge on any atom is 0.251 e. The molecule has 8 heteroatoms. The van der Waals surface area contributed by atoms with Crippen molar-refractivity contribution < 1.29 is 4.79 Å². The van der Waals surface area contributed by atoms with E-state index in [1.54, 1.807) is 22.8 Å². The molecule has 0 aliphatic carbocycles. The number of hydrogen-bond acceptors (Lipinski definition) is 5. The van der Waals surface area contributed by atoms with Gasteiger partial charge in [-0.05, 0) is 18.2 Å². The van der Waals surface area contributed by atoms with E-state index < -0.39 is 0 Å². The lowest BCUT2D eigenvalue weighted by atomic mass is 10.2. The fourth-order valence-electron chi connectivity index (χ4n) is 2.37. The van der Waals surface area contributed by atoms with Gasteiger partial charge in [0.2, 0.25) is 0 Å². The van der Waals surface area contributed by atoms with Gasteiger partial charge in [-0.3, -0.25) is 4.79 Å². The Morgan fingerprint density at radius 2 is 2.09 bits per heavy atom.